The zero-order valence-corrected chi connectivity index (χ0v) is 11.6. The number of rotatable bonds is 4. The number of anilines is 3. The maximum atomic E-state index is 4.56. The van der Waals surface area contributed by atoms with Crippen molar-refractivity contribution in [3.8, 4) is 0 Å². The summed E-state index contributed by atoms with van der Waals surface area (Å²) in [5, 5.41) is 10.0. The van der Waals surface area contributed by atoms with E-state index >= 15 is 0 Å². The summed E-state index contributed by atoms with van der Waals surface area (Å²) in [5.41, 5.74) is 2.24. The molecule has 0 unspecified atom stereocenters. The van der Waals surface area contributed by atoms with Crippen molar-refractivity contribution in [3.63, 3.8) is 0 Å². The van der Waals surface area contributed by atoms with Crippen LogP contribution >= 0.6 is 0 Å². The maximum Gasteiger partial charge on any atom is 0.151 e. The number of aryl methyl sites for hydroxylation is 1. The molecule has 0 spiro atoms. The van der Waals surface area contributed by atoms with Gasteiger partial charge in [0.15, 0.2) is 5.82 Å². The second kappa shape index (κ2) is 5.88. The highest BCUT2D eigenvalue weighted by Crippen LogP contribution is 2.19. The Morgan fingerprint density at radius 2 is 2.05 bits per heavy atom. The van der Waals surface area contributed by atoms with Gasteiger partial charge in [-0.3, -0.25) is 4.98 Å². The summed E-state index contributed by atoms with van der Waals surface area (Å²) in [7, 11) is 0. The van der Waals surface area contributed by atoms with Crippen LogP contribution in [0.2, 0.25) is 0 Å². The summed E-state index contributed by atoms with van der Waals surface area (Å²) >= 11 is 0. The first-order valence-corrected chi connectivity index (χ1v) is 6.93. The van der Waals surface area contributed by atoms with Gasteiger partial charge in [-0.25, -0.2) is 4.98 Å². The Morgan fingerprint density at radius 3 is 2.85 bits per heavy atom. The number of nitrogens with zero attached hydrogens (tertiary/aromatic N) is 2. The Balaban J connectivity index is 1.72. The quantitative estimate of drug-likeness (QED) is 0.795. The number of benzene rings is 1. The van der Waals surface area contributed by atoms with Gasteiger partial charge < -0.3 is 16.0 Å². The zero-order chi connectivity index (χ0) is 13.8. The smallest absolute Gasteiger partial charge is 0.151 e. The van der Waals surface area contributed by atoms with Crippen molar-refractivity contribution in [2.24, 2.45) is 0 Å². The fraction of sp³-hybridized carbons (Fsp3) is 0.333. The molecule has 20 heavy (non-hydrogen) atoms. The van der Waals surface area contributed by atoms with Crippen molar-refractivity contribution >= 4 is 17.3 Å². The normalized spacial score (nSPS) is 17.9. The molecule has 1 atom stereocenters. The molecule has 2 aromatic rings. The van der Waals surface area contributed by atoms with E-state index in [-0.39, 0.29) is 0 Å². The van der Waals surface area contributed by atoms with Gasteiger partial charge in [0, 0.05) is 18.3 Å². The second-order valence-electron chi connectivity index (χ2n) is 5.06. The molecule has 3 rings (SSSR count). The molecule has 0 radical (unpaired) electrons. The predicted molar refractivity (Wildman–Crippen MR) is 81.4 cm³/mol. The number of hydrogen-bond donors (Lipinski definition) is 3. The van der Waals surface area contributed by atoms with Crippen LogP contribution in [0.15, 0.2) is 36.7 Å². The summed E-state index contributed by atoms with van der Waals surface area (Å²) in [4.78, 5) is 8.80. The lowest BCUT2D eigenvalue weighted by molar-refractivity contribution is 0.787. The van der Waals surface area contributed by atoms with E-state index in [0.29, 0.717) is 6.04 Å². The Labute approximate surface area is 118 Å². The highest BCUT2D eigenvalue weighted by Gasteiger charge is 2.14. The fourth-order valence-corrected chi connectivity index (χ4v) is 2.33. The third-order valence-corrected chi connectivity index (χ3v) is 3.45. The van der Waals surface area contributed by atoms with Gasteiger partial charge in [0.25, 0.3) is 0 Å². The molecule has 5 heteroatoms. The minimum atomic E-state index is 0.443. The van der Waals surface area contributed by atoms with Gasteiger partial charge >= 0.3 is 0 Å². The van der Waals surface area contributed by atoms with Crippen LogP contribution in [0.5, 0.6) is 0 Å². The second-order valence-corrected chi connectivity index (χ2v) is 5.06. The van der Waals surface area contributed by atoms with Crippen LogP contribution in [0.3, 0.4) is 0 Å². The van der Waals surface area contributed by atoms with Crippen LogP contribution in [0.1, 0.15) is 12.0 Å². The zero-order valence-electron chi connectivity index (χ0n) is 11.6. The van der Waals surface area contributed by atoms with E-state index in [1.54, 1.807) is 12.4 Å². The van der Waals surface area contributed by atoms with Gasteiger partial charge in [-0.1, -0.05) is 18.2 Å². The van der Waals surface area contributed by atoms with E-state index in [9.17, 15) is 0 Å². The summed E-state index contributed by atoms with van der Waals surface area (Å²) in [6.07, 6.45) is 4.63. The van der Waals surface area contributed by atoms with E-state index in [4.69, 9.17) is 0 Å². The first kappa shape index (κ1) is 12.9. The van der Waals surface area contributed by atoms with Crippen LogP contribution in [0.4, 0.5) is 17.3 Å². The predicted octanol–water partition coefficient (Wildman–Crippen LogP) is 2.30. The summed E-state index contributed by atoms with van der Waals surface area (Å²) in [5.74, 6) is 1.58. The van der Waals surface area contributed by atoms with E-state index in [0.717, 1.165) is 36.8 Å². The molecule has 1 aliphatic rings. The van der Waals surface area contributed by atoms with Gasteiger partial charge in [-0.2, -0.15) is 0 Å². The van der Waals surface area contributed by atoms with Crippen molar-refractivity contribution in [1.82, 2.24) is 15.3 Å². The average Bonchev–Trinajstić information content (AvgIpc) is 2.95. The van der Waals surface area contributed by atoms with Crippen LogP contribution in [-0.2, 0) is 0 Å². The van der Waals surface area contributed by atoms with Crippen molar-refractivity contribution < 1.29 is 0 Å². The van der Waals surface area contributed by atoms with E-state index in [2.05, 4.69) is 38.9 Å². The lowest BCUT2D eigenvalue weighted by Crippen LogP contribution is -2.22. The highest BCUT2D eigenvalue weighted by atomic mass is 15.1. The maximum absolute atomic E-state index is 4.56. The molecule has 2 heterocycles. The minimum Gasteiger partial charge on any atom is -0.365 e. The monoisotopic (exact) mass is 269 g/mol. The lowest BCUT2D eigenvalue weighted by Gasteiger charge is -2.13. The standard InChI is InChI=1S/C15H19N5/c1-11-4-2-3-5-13(11)19-15-10-17-9-14(20-15)18-12-6-7-16-8-12/h2-5,9-10,12,16H,6-8H2,1H3,(H2,18,19,20)/t12-/m1/s1. The molecule has 0 aliphatic carbocycles. The van der Waals surface area contributed by atoms with Crippen molar-refractivity contribution in [2.75, 3.05) is 23.7 Å². The molecule has 104 valence electrons. The number of nitrogens with one attached hydrogen (secondary N) is 3. The van der Waals surface area contributed by atoms with Gasteiger partial charge in [0.2, 0.25) is 0 Å². The Morgan fingerprint density at radius 1 is 1.20 bits per heavy atom. The fourth-order valence-electron chi connectivity index (χ4n) is 2.33. The molecule has 1 aromatic carbocycles. The van der Waals surface area contributed by atoms with Crippen LogP contribution in [-0.4, -0.2) is 29.1 Å². The highest BCUT2D eigenvalue weighted by molar-refractivity contribution is 5.60. The van der Waals surface area contributed by atoms with Gasteiger partial charge in [0.1, 0.15) is 5.82 Å². The van der Waals surface area contributed by atoms with Crippen LogP contribution in [0.25, 0.3) is 0 Å². The lowest BCUT2D eigenvalue weighted by atomic mass is 10.2. The molecule has 0 bridgehead atoms. The Bertz CT molecular complexity index is 578. The van der Waals surface area contributed by atoms with Gasteiger partial charge in [-0.05, 0) is 31.5 Å². The van der Waals surface area contributed by atoms with E-state index in [1.807, 2.05) is 18.2 Å². The van der Waals surface area contributed by atoms with Crippen LogP contribution in [0, 0.1) is 6.92 Å². The summed E-state index contributed by atoms with van der Waals surface area (Å²) in [6.45, 7) is 4.12. The molecule has 3 N–H and O–H groups in total. The van der Waals surface area contributed by atoms with Crippen molar-refractivity contribution in [3.05, 3.63) is 42.2 Å². The topological polar surface area (TPSA) is 61.9 Å². The van der Waals surface area contributed by atoms with Crippen molar-refractivity contribution in [1.29, 1.82) is 0 Å². The number of para-hydroxylation sites is 1. The first-order valence-electron chi connectivity index (χ1n) is 6.93. The molecule has 1 fully saturated rings. The average molecular weight is 269 g/mol. The molecule has 1 aliphatic heterocycles. The molecule has 0 saturated carbocycles. The molecule has 1 saturated heterocycles. The van der Waals surface area contributed by atoms with Gasteiger partial charge in [-0.15, -0.1) is 0 Å². The third-order valence-electron chi connectivity index (χ3n) is 3.45. The molecule has 0 amide bonds. The van der Waals surface area contributed by atoms with Gasteiger partial charge in [0.05, 0.1) is 12.4 Å². The minimum absolute atomic E-state index is 0.443. The molecule has 1 aromatic heterocycles. The SMILES string of the molecule is Cc1ccccc1Nc1cncc(N[C@@H]2CCNC2)n1. The summed E-state index contributed by atoms with van der Waals surface area (Å²) in [6, 6.07) is 8.59. The van der Waals surface area contributed by atoms with Crippen molar-refractivity contribution in [2.45, 2.75) is 19.4 Å². The van der Waals surface area contributed by atoms with E-state index < -0.39 is 0 Å². The molecular weight excluding hydrogens is 250 g/mol. The van der Waals surface area contributed by atoms with E-state index in [1.165, 1.54) is 5.56 Å². The molecule has 5 nitrogen and oxygen atoms in total. The Hall–Kier alpha value is -2.14. The Kier molecular flexibility index (Phi) is 3.78. The first-order chi connectivity index (χ1) is 9.81. The summed E-state index contributed by atoms with van der Waals surface area (Å²) < 4.78 is 0. The number of hydrogen-bond acceptors (Lipinski definition) is 5. The third kappa shape index (κ3) is 3.05. The van der Waals surface area contributed by atoms with Crippen LogP contribution < -0.4 is 16.0 Å². The largest absolute Gasteiger partial charge is 0.365 e. The molecular formula is C15H19N5. The number of aromatic nitrogens is 2.